The molecule has 1 N–H and O–H groups in total. The number of aryl methyl sites for hydroxylation is 1. The molecule has 2 aromatic carbocycles. The van der Waals surface area contributed by atoms with Gasteiger partial charge in [0, 0.05) is 17.2 Å². The molecule has 0 fully saturated rings. The van der Waals surface area contributed by atoms with Gasteiger partial charge in [-0.3, -0.25) is 4.79 Å². The predicted octanol–water partition coefficient (Wildman–Crippen LogP) is 9.65. The Labute approximate surface area is 208 Å². The molecule has 34 heavy (non-hydrogen) atoms. The summed E-state index contributed by atoms with van der Waals surface area (Å²) >= 11 is 0. The fourth-order valence-corrected chi connectivity index (χ4v) is 4.64. The van der Waals surface area contributed by atoms with Crippen LogP contribution in [0.15, 0.2) is 30.3 Å². The van der Waals surface area contributed by atoms with Gasteiger partial charge in [0.15, 0.2) is 5.78 Å². The summed E-state index contributed by atoms with van der Waals surface area (Å²) in [5.74, 6) is 1.47. The highest BCUT2D eigenvalue weighted by Gasteiger charge is 2.23. The molecule has 2 aromatic rings. The van der Waals surface area contributed by atoms with Crippen LogP contribution in [0.25, 0.3) is 5.76 Å². The van der Waals surface area contributed by atoms with Crippen LogP contribution in [-0.2, 0) is 6.42 Å². The van der Waals surface area contributed by atoms with E-state index >= 15 is 0 Å². The molecule has 0 saturated heterocycles. The Hall–Kier alpha value is -2.35. The summed E-state index contributed by atoms with van der Waals surface area (Å²) in [5, 5.41) is 11.4. The third kappa shape index (κ3) is 6.01. The van der Waals surface area contributed by atoms with Gasteiger partial charge >= 0.3 is 0 Å². The summed E-state index contributed by atoms with van der Waals surface area (Å²) in [7, 11) is 0. The zero-order valence-corrected chi connectivity index (χ0v) is 23.3. The Morgan fingerprint density at radius 1 is 0.676 bits per heavy atom. The van der Waals surface area contributed by atoms with Crippen molar-refractivity contribution < 1.29 is 9.90 Å². The molecule has 186 valence electrons. The van der Waals surface area contributed by atoms with Crippen LogP contribution in [0.5, 0.6) is 0 Å². The number of aliphatic hydroxyl groups excluding tert-OH is 1. The van der Waals surface area contributed by atoms with Crippen molar-refractivity contribution >= 4 is 11.5 Å². The molecule has 0 heterocycles. The van der Waals surface area contributed by atoms with Crippen molar-refractivity contribution in [3.63, 3.8) is 0 Å². The molecule has 0 amide bonds. The van der Waals surface area contributed by atoms with Gasteiger partial charge in [-0.05, 0) is 69.4 Å². The molecule has 0 aromatic heterocycles. The van der Waals surface area contributed by atoms with E-state index in [9.17, 15) is 9.90 Å². The minimum atomic E-state index is -0.106. The Kier molecular flexibility index (Phi) is 9.34. The molecule has 0 aliphatic rings. The number of rotatable bonds is 9. The highest BCUT2D eigenvalue weighted by molar-refractivity contribution is 6.10. The van der Waals surface area contributed by atoms with Crippen LogP contribution in [0.1, 0.15) is 155 Å². The van der Waals surface area contributed by atoms with Crippen molar-refractivity contribution in [1.29, 1.82) is 0 Å². The van der Waals surface area contributed by atoms with E-state index in [1.165, 1.54) is 17.2 Å². The molecule has 0 radical (unpaired) electrons. The number of carbonyl (C=O) groups excluding carboxylic acids is 1. The molecule has 2 rings (SSSR count). The van der Waals surface area contributed by atoms with E-state index in [1.54, 1.807) is 0 Å². The Morgan fingerprint density at radius 2 is 1.06 bits per heavy atom. The lowest BCUT2D eigenvalue weighted by Gasteiger charge is -2.23. The van der Waals surface area contributed by atoms with Crippen molar-refractivity contribution in [1.82, 2.24) is 0 Å². The van der Waals surface area contributed by atoms with Gasteiger partial charge in [-0.2, -0.15) is 0 Å². The maximum absolute atomic E-state index is 13.7. The second kappa shape index (κ2) is 11.4. The van der Waals surface area contributed by atoms with Crippen LogP contribution in [0.2, 0.25) is 0 Å². The monoisotopic (exact) mass is 462 g/mol. The normalized spacial score (nSPS) is 12.6. The van der Waals surface area contributed by atoms with Gasteiger partial charge in [0.2, 0.25) is 0 Å². The van der Waals surface area contributed by atoms with Crippen molar-refractivity contribution in [2.24, 2.45) is 0 Å². The Morgan fingerprint density at radius 3 is 1.41 bits per heavy atom. The largest absolute Gasteiger partial charge is 0.507 e. The average molecular weight is 463 g/mol. The molecule has 0 bridgehead atoms. The van der Waals surface area contributed by atoms with Crippen molar-refractivity contribution in [3.8, 4) is 0 Å². The number of hydrogen-bond acceptors (Lipinski definition) is 2. The number of aliphatic hydroxyl groups is 1. The first kappa shape index (κ1) is 27.9. The predicted molar refractivity (Wildman–Crippen MR) is 148 cm³/mol. The zero-order chi connectivity index (χ0) is 25.9. The van der Waals surface area contributed by atoms with E-state index in [4.69, 9.17) is 0 Å². The first-order chi connectivity index (χ1) is 15.8. The first-order valence-corrected chi connectivity index (χ1v) is 13.1. The highest BCUT2D eigenvalue weighted by Crippen LogP contribution is 2.36. The van der Waals surface area contributed by atoms with Crippen LogP contribution < -0.4 is 0 Å². The van der Waals surface area contributed by atoms with Gasteiger partial charge in [0.05, 0.1) is 0 Å². The second-order valence-corrected chi connectivity index (χ2v) is 11.2. The third-order valence-corrected chi connectivity index (χ3v) is 6.85. The van der Waals surface area contributed by atoms with Gasteiger partial charge in [0.1, 0.15) is 5.76 Å². The summed E-state index contributed by atoms with van der Waals surface area (Å²) in [5.41, 5.74) is 8.45. The maximum atomic E-state index is 13.7. The van der Waals surface area contributed by atoms with Crippen molar-refractivity contribution in [2.45, 2.75) is 112 Å². The van der Waals surface area contributed by atoms with Crippen LogP contribution in [-0.4, -0.2) is 10.9 Å². The summed E-state index contributed by atoms with van der Waals surface area (Å²) in [6.07, 6.45) is 2.26. The number of allylic oxidation sites excluding steroid dienone is 1. The maximum Gasteiger partial charge on any atom is 0.190 e. The van der Waals surface area contributed by atoms with E-state index in [1.807, 2.05) is 0 Å². The molecule has 0 aliphatic heterocycles. The van der Waals surface area contributed by atoms with E-state index in [-0.39, 0.29) is 29.3 Å². The lowest BCUT2D eigenvalue weighted by molar-refractivity contribution is 0.104. The van der Waals surface area contributed by atoms with E-state index in [2.05, 4.69) is 100 Å². The van der Waals surface area contributed by atoms with Crippen LogP contribution in [0.4, 0.5) is 0 Å². The molecular formula is C32H46O2. The fraction of sp³-hybridized carbons (Fsp3) is 0.531. The smallest absolute Gasteiger partial charge is 0.190 e. The Bertz CT molecular complexity index is 1020. The number of benzene rings is 2. The fourth-order valence-electron chi connectivity index (χ4n) is 4.64. The standard InChI is InChI=1S/C32H46O2/c1-12-23-13-24(18(2)3)14-26(20(6)7)31(23)29(33)17-30(34)32-27(21(8)9)15-25(19(4)5)16-28(32)22(10)11/h13-22,34H,12H2,1-11H3. The molecule has 2 heteroatoms. The number of ketones is 1. The lowest BCUT2D eigenvalue weighted by Crippen LogP contribution is -2.11. The van der Waals surface area contributed by atoms with Gasteiger partial charge in [-0.15, -0.1) is 0 Å². The quantitative estimate of drug-likeness (QED) is 0.229. The summed E-state index contributed by atoms with van der Waals surface area (Å²) in [4.78, 5) is 13.7. The lowest BCUT2D eigenvalue weighted by atomic mass is 9.82. The van der Waals surface area contributed by atoms with Crippen LogP contribution in [0.3, 0.4) is 0 Å². The Balaban J connectivity index is 2.76. The molecule has 0 saturated carbocycles. The second-order valence-electron chi connectivity index (χ2n) is 11.2. The van der Waals surface area contributed by atoms with Crippen molar-refractivity contribution in [2.75, 3.05) is 0 Å². The molecule has 0 atom stereocenters. The van der Waals surface area contributed by atoms with Crippen LogP contribution >= 0.6 is 0 Å². The van der Waals surface area contributed by atoms with E-state index in [0.717, 1.165) is 39.8 Å². The van der Waals surface area contributed by atoms with Crippen LogP contribution in [0, 0.1) is 0 Å². The molecule has 0 spiro atoms. The average Bonchev–Trinajstić information content (AvgIpc) is 2.76. The highest BCUT2D eigenvalue weighted by atomic mass is 16.3. The van der Waals surface area contributed by atoms with Gasteiger partial charge in [-0.25, -0.2) is 0 Å². The topological polar surface area (TPSA) is 37.3 Å². The first-order valence-electron chi connectivity index (χ1n) is 13.1. The van der Waals surface area contributed by atoms with Gasteiger partial charge < -0.3 is 5.11 Å². The van der Waals surface area contributed by atoms with E-state index < -0.39 is 0 Å². The number of carbonyl (C=O) groups is 1. The molecule has 0 aliphatic carbocycles. The summed E-state index contributed by atoms with van der Waals surface area (Å²) in [6, 6.07) is 8.77. The summed E-state index contributed by atoms with van der Waals surface area (Å²) < 4.78 is 0. The van der Waals surface area contributed by atoms with Crippen molar-refractivity contribution in [3.05, 3.63) is 74.8 Å². The molecule has 0 unspecified atom stereocenters. The molecular weight excluding hydrogens is 416 g/mol. The number of hydrogen-bond donors (Lipinski definition) is 1. The minimum Gasteiger partial charge on any atom is -0.507 e. The third-order valence-electron chi connectivity index (χ3n) is 6.85. The van der Waals surface area contributed by atoms with Gasteiger partial charge in [-0.1, -0.05) is 100 Å². The molecule has 2 nitrogen and oxygen atoms in total. The van der Waals surface area contributed by atoms with E-state index in [0.29, 0.717) is 11.8 Å². The van der Waals surface area contributed by atoms with Gasteiger partial charge in [0.25, 0.3) is 0 Å². The SMILES string of the molecule is CCc1cc(C(C)C)cc(C(C)C)c1C(=O)C=C(O)c1c(C(C)C)cc(C(C)C)cc1C(C)C. The summed E-state index contributed by atoms with van der Waals surface area (Å²) in [6.45, 7) is 23.8. The minimum absolute atomic E-state index is 0.0809. The zero-order valence-electron chi connectivity index (χ0n) is 23.3.